The first-order valence-corrected chi connectivity index (χ1v) is 9.73. The molecule has 0 aliphatic carbocycles. The molecule has 0 unspecified atom stereocenters. The van der Waals surface area contributed by atoms with Crippen LogP contribution in [0.2, 0.25) is 0 Å². The molecule has 27 heavy (non-hydrogen) atoms. The van der Waals surface area contributed by atoms with E-state index in [1.54, 1.807) is 21.3 Å². The zero-order valence-electron chi connectivity index (χ0n) is 16.4. The Balaban J connectivity index is 2.03. The summed E-state index contributed by atoms with van der Waals surface area (Å²) in [4.78, 5) is 13.6. The van der Waals surface area contributed by atoms with Crippen LogP contribution in [0, 0.1) is 0 Å². The van der Waals surface area contributed by atoms with Gasteiger partial charge in [0.2, 0.25) is 5.91 Å². The van der Waals surface area contributed by atoms with Crippen LogP contribution in [-0.2, 0) is 4.79 Å². The summed E-state index contributed by atoms with van der Waals surface area (Å²) in [5.41, 5.74) is 1.06. The van der Waals surface area contributed by atoms with Crippen LogP contribution in [0.5, 0.6) is 17.2 Å². The Hall–Kier alpha value is -2.34. The molecule has 0 fully saturated rings. The van der Waals surface area contributed by atoms with Gasteiger partial charge in [-0.25, -0.2) is 0 Å². The molecule has 0 bridgehead atoms. The molecule has 0 radical (unpaired) electrons. The van der Waals surface area contributed by atoms with Gasteiger partial charge < -0.3 is 19.5 Å². The van der Waals surface area contributed by atoms with Crippen molar-refractivity contribution < 1.29 is 19.0 Å². The van der Waals surface area contributed by atoms with Gasteiger partial charge in [-0.05, 0) is 49.2 Å². The molecule has 0 saturated carbocycles. The van der Waals surface area contributed by atoms with Crippen LogP contribution >= 0.6 is 11.8 Å². The summed E-state index contributed by atoms with van der Waals surface area (Å²) in [5.74, 6) is 2.12. The first-order valence-electron chi connectivity index (χ1n) is 8.85. The molecule has 0 aliphatic heterocycles. The molecule has 0 aliphatic rings. The highest BCUT2D eigenvalue weighted by molar-refractivity contribution is 8.00. The second kappa shape index (κ2) is 10.1. The zero-order valence-corrected chi connectivity index (χ0v) is 17.3. The second-order valence-electron chi connectivity index (χ2n) is 6.02. The van der Waals surface area contributed by atoms with Crippen LogP contribution in [-0.4, -0.2) is 32.5 Å². The fourth-order valence-electron chi connectivity index (χ4n) is 2.69. The summed E-state index contributed by atoms with van der Waals surface area (Å²) in [7, 11) is 4.84. The van der Waals surface area contributed by atoms with Crippen molar-refractivity contribution in [1.29, 1.82) is 0 Å². The largest absolute Gasteiger partial charge is 0.497 e. The number of hydrogen-bond donors (Lipinski definition) is 1. The number of thioether (sulfide) groups is 1. The second-order valence-corrected chi connectivity index (χ2v) is 7.43. The topological polar surface area (TPSA) is 56.8 Å². The van der Waals surface area contributed by atoms with E-state index in [1.807, 2.05) is 49.4 Å². The lowest BCUT2D eigenvalue weighted by molar-refractivity contribution is -0.121. The number of carbonyl (C=O) groups is 1. The third-order valence-corrected chi connectivity index (χ3v) is 5.37. The number of amides is 1. The molecule has 0 saturated heterocycles. The van der Waals surface area contributed by atoms with E-state index < -0.39 is 0 Å². The molecular formula is C21H27NO4S. The van der Waals surface area contributed by atoms with Crippen molar-refractivity contribution in [1.82, 2.24) is 5.32 Å². The third kappa shape index (κ3) is 5.57. The lowest BCUT2D eigenvalue weighted by atomic mass is 10.0. The van der Waals surface area contributed by atoms with Crippen molar-refractivity contribution in [2.75, 3.05) is 21.3 Å². The molecule has 2 rings (SSSR count). The fraction of sp³-hybridized carbons (Fsp3) is 0.381. The van der Waals surface area contributed by atoms with Gasteiger partial charge in [0.25, 0.3) is 0 Å². The molecule has 1 amide bonds. The van der Waals surface area contributed by atoms with Crippen molar-refractivity contribution in [3.63, 3.8) is 0 Å². The van der Waals surface area contributed by atoms with E-state index in [1.165, 1.54) is 11.8 Å². The fourth-order valence-corrected chi connectivity index (χ4v) is 3.60. The van der Waals surface area contributed by atoms with Gasteiger partial charge in [0.05, 0.1) is 32.6 Å². The lowest BCUT2D eigenvalue weighted by Gasteiger charge is -2.20. The first kappa shape index (κ1) is 21.0. The van der Waals surface area contributed by atoms with Crippen molar-refractivity contribution in [2.24, 2.45) is 0 Å². The first-order chi connectivity index (χ1) is 13.0. The minimum Gasteiger partial charge on any atom is -0.497 e. The molecule has 0 spiro atoms. The number of ether oxygens (including phenoxy) is 3. The van der Waals surface area contributed by atoms with E-state index in [0.29, 0.717) is 11.5 Å². The van der Waals surface area contributed by atoms with Gasteiger partial charge in [-0.15, -0.1) is 11.8 Å². The average molecular weight is 390 g/mol. The summed E-state index contributed by atoms with van der Waals surface area (Å²) in [6.07, 6.45) is 0.811. The Morgan fingerprint density at radius 2 is 1.67 bits per heavy atom. The SMILES string of the molecule is CC[C@@H](NC(=O)[C@@H](C)Sc1ccc(OC)c(OC)c1)c1ccc(OC)cc1. The zero-order chi connectivity index (χ0) is 19.8. The summed E-state index contributed by atoms with van der Waals surface area (Å²) in [6, 6.07) is 13.4. The maximum Gasteiger partial charge on any atom is 0.233 e. The van der Waals surface area contributed by atoms with E-state index in [9.17, 15) is 4.79 Å². The Morgan fingerprint density at radius 1 is 1.00 bits per heavy atom. The van der Waals surface area contributed by atoms with Crippen LogP contribution in [0.3, 0.4) is 0 Å². The highest BCUT2D eigenvalue weighted by Crippen LogP contribution is 2.33. The maximum absolute atomic E-state index is 12.7. The predicted molar refractivity (Wildman–Crippen MR) is 109 cm³/mol. The number of carbonyl (C=O) groups excluding carboxylic acids is 1. The van der Waals surface area contributed by atoms with Gasteiger partial charge in [-0.2, -0.15) is 0 Å². The molecule has 2 aromatic carbocycles. The third-order valence-electron chi connectivity index (χ3n) is 4.28. The molecule has 2 aromatic rings. The van der Waals surface area contributed by atoms with Gasteiger partial charge in [0.1, 0.15) is 5.75 Å². The van der Waals surface area contributed by atoms with Crippen molar-refractivity contribution in [2.45, 2.75) is 36.5 Å². The van der Waals surface area contributed by atoms with Crippen molar-refractivity contribution in [3.8, 4) is 17.2 Å². The highest BCUT2D eigenvalue weighted by Gasteiger charge is 2.19. The van der Waals surface area contributed by atoms with Crippen molar-refractivity contribution >= 4 is 17.7 Å². The minimum absolute atomic E-state index is 0.00236. The molecule has 0 aromatic heterocycles. The van der Waals surface area contributed by atoms with Crippen molar-refractivity contribution in [3.05, 3.63) is 48.0 Å². The molecule has 1 N–H and O–H groups in total. The lowest BCUT2D eigenvalue weighted by Crippen LogP contribution is -2.34. The van der Waals surface area contributed by atoms with Gasteiger partial charge in [-0.3, -0.25) is 4.79 Å². The minimum atomic E-state index is -0.240. The average Bonchev–Trinajstić information content (AvgIpc) is 2.71. The number of nitrogens with one attached hydrogen (secondary N) is 1. The smallest absolute Gasteiger partial charge is 0.233 e. The van der Waals surface area contributed by atoms with Gasteiger partial charge >= 0.3 is 0 Å². The highest BCUT2D eigenvalue weighted by atomic mass is 32.2. The number of benzene rings is 2. The summed E-state index contributed by atoms with van der Waals surface area (Å²) in [6.45, 7) is 3.96. The van der Waals surface area contributed by atoms with E-state index >= 15 is 0 Å². The predicted octanol–water partition coefficient (Wildman–Crippen LogP) is 4.46. The van der Waals surface area contributed by atoms with E-state index in [-0.39, 0.29) is 17.2 Å². The van der Waals surface area contributed by atoms with Crippen LogP contribution in [0.25, 0.3) is 0 Å². The monoisotopic (exact) mass is 389 g/mol. The van der Waals surface area contributed by atoms with Crippen LogP contribution in [0.4, 0.5) is 0 Å². The Bertz CT molecular complexity index is 748. The number of hydrogen-bond acceptors (Lipinski definition) is 5. The van der Waals surface area contributed by atoms with Gasteiger partial charge in [-0.1, -0.05) is 19.1 Å². The van der Waals surface area contributed by atoms with E-state index in [4.69, 9.17) is 14.2 Å². The maximum atomic E-state index is 12.7. The molecular weight excluding hydrogens is 362 g/mol. The summed E-state index contributed by atoms with van der Waals surface area (Å²) >= 11 is 1.49. The van der Waals surface area contributed by atoms with Gasteiger partial charge in [0, 0.05) is 4.90 Å². The summed E-state index contributed by atoms with van der Waals surface area (Å²) < 4.78 is 15.8. The molecule has 146 valence electrons. The molecule has 5 nitrogen and oxygen atoms in total. The number of methoxy groups -OCH3 is 3. The summed E-state index contributed by atoms with van der Waals surface area (Å²) in [5, 5.41) is 2.89. The Kier molecular flexibility index (Phi) is 7.85. The van der Waals surface area contributed by atoms with Crippen LogP contribution in [0.1, 0.15) is 31.9 Å². The quantitative estimate of drug-likeness (QED) is 0.642. The standard InChI is InChI=1S/C21H27NO4S/c1-6-18(15-7-9-16(24-3)10-8-15)22-21(23)14(2)27-17-11-12-19(25-4)20(13-17)26-5/h7-14,18H,6H2,1-5H3,(H,22,23)/t14-,18-/m1/s1. The van der Waals surface area contributed by atoms with Crippen LogP contribution < -0.4 is 19.5 Å². The molecule has 2 atom stereocenters. The normalized spacial score (nSPS) is 12.8. The molecule has 0 heterocycles. The Labute approximate surface area is 165 Å². The molecule has 6 heteroatoms. The van der Waals surface area contributed by atoms with Crippen LogP contribution in [0.15, 0.2) is 47.4 Å². The number of rotatable bonds is 9. The van der Waals surface area contributed by atoms with E-state index in [2.05, 4.69) is 12.2 Å². The van der Waals surface area contributed by atoms with Gasteiger partial charge in [0.15, 0.2) is 11.5 Å². The Morgan fingerprint density at radius 3 is 2.22 bits per heavy atom. The van der Waals surface area contributed by atoms with E-state index in [0.717, 1.165) is 22.6 Å².